The summed E-state index contributed by atoms with van der Waals surface area (Å²) in [4.78, 5) is 20.8. The molecular weight excluding hydrogens is 328 g/mol. The Balaban J connectivity index is 1.56. The van der Waals surface area contributed by atoms with Crippen molar-refractivity contribution in [2.45, 2.75) is 58.1 Å². The highest BCUT2D eigenvalue weighted by atomic mass is 16.5. The molecule has 6 heteroatoms. The predicted molar refractivity (Wildman–Crippen MR) is 102 cm³/mol. The Kier molecular flexibility index (Phi) is 6.04. The molecule has 1 aromatic carbocycles. The summed E-state index contributed by atoms with van der Waals surface area (Å²) < 4.78 is 5.62. The van der Waals surface area contributed by atoms with E-state index in [0.717, 1.165) is 24.3 Å². The van der Waals surface area contributed by atoms with Crippen molar-refractivity contribution in [3.05, 3.63) is 42.4 Å². The number of carbonyl (C=O) groups excluding carboxylic acids is 1. The zero-order valence-corrected chi connectivity index (χ0v) is 15.4. The largest absolute Gasteiger partial charge is 0.491 e. The van der Waals surface area contributed by atoms with Gasteiger partial charge in [0, 0.05) is 11.7 Å². The molecule has 3 rings (SSSR count). The van der Waals surface area contributed by atoms with Crippen LogP contribution in [0.4, 0.5) is 11.5 Å². The molecule has 2 N–H and O–H groups in total. The lowest BCUT2D eigenvalue weighted by molar-refractivity contribution is 0.0922. The Morgan fingerprint density at radius 1 is 1.08 bits per heavy atom. The Hall–Kier alpha value is -2.63. The Morgan fingerprint density at radius 2 is 1.81 bits per heavy atom. The van der Waals surface area contributed by atoms with E-state index in [1.807, 2.05) is 38.1 Å². The molecule has 1 aliphatic rings. The van der Waals surface area contributed by atoms with Gasteiger partial charge < -0.3 is 15.4 Å². The smallest absolute Gasteiger partial charge is 0.271 e. The number of rotatable bonds is 6. The summed E-state index contributed by atoms with van der Waals surface area (Å²) in [7, 11) is 0. The highest BCUT2D eigenvalue weighted by Crippen LogP contribution is 2.20. The molecule has 138 valence electrons. The van der Waals surface area contributed by atoms with Crippen LogP contribution in [0.2, 0.25) is 0 Å². The van der Waals surface area contributed by atoms with Gasteiger partial charge in [0.05, 0.1) is 18.5 Å². The highest BCUT2D eigenvalue weighted by Gasteiger charge is 2.17. The lowest BCUT2D eigenvalue weighted by atomic mass is 9.95. The van der Waals surface area contributed by atoms with E-state index in [-0.39, 0.29) is 18.1 Å². The average Bonchev–Trinajstić information content (AvgIpc) is 2.64. The van der Waals surface area contributed by atoms with Gasteiger partial charge in [-0.1, -0.05) is 19.3 Å². The maximum atomic E-state index is 12.3. The molecule has 2 aromatic rings. The lowest BCUT2D eigenvalue weighted by Crippen LogP contribution is -2.36. The minimum absolute atomic E-state index is 0.145. The van der Waals surface area contributed by atoms with Crippen molar-refractivity contribution in [3.63, 3.8) is 0 Å². The van der Waals surface area contributed by atoms with E-state index < -0.39 is 0 Å². The molecule has 1 fully saturated rings. The van der Waals surface area contributed by atoms with Crippen molar-refractivity contribution in [1.29, 1.82) is 0 Å². The van der Waals surface area contributed by atoms with Crippen LogP contribution in [0.25, 0.3) is 0 Å². The van der Waals surface area contributed by atoms with E-state index in [0.29, 0.717) is 11.5 Å². The minimum Gasteiger partial charge on any atom is -0.491 e. The summed E-state index contributed by atoms with van der Waals surface area (Å²) >= 11 is 0. The second-order valence-electron chi connectivity index (χ2n) is 6.91. The molecule has 0 saturated heterocycles. The predicted octanol–water partition coefficient (Wildman–Crippen LogP) is 4.07. The molecule has 0 unspecified atom stereocenters. The summed E-state index contributed by atoms with van der Waals surface area (Å²) in [6.07, 6.45) is 8.96. The van der Waals surface area contributed by atoms with E-state index in [9.17, 15) is 4.79 Å². The fraction of sp³-hybridized carbons (Fsp3) is 0.450. The van der Waals surface area contributed by atoms with Crippen LogP contribution in [-0.4, -0.2) is 28.0 Å². The number of hydrogen-bond donors (Lipinski definition) is 2. The number of anilines is 2. The highest BCUT2D eigenvalue weighted by molar-refractivity contribution is 5.92. The first-order valence-electron chi connectivity index (χ1n) is 9.27. The molecule has 26 heavy (non-hydrogen) atoms. The molecule has 1 amide bonds. The van der Waals surface area contributed by atoms with Gasteiger partial charge in [-0.3, -0.25) is 4.79 Å². The van der Waals surface area contributed by atoms with Crippen molar-refractivity contribution < 1.29 is 9.53 Å². The SMILES string of the molecule is CC(C)Oc1ccc(Nc2cnc(C(=O)NC3CCCCC3)cn2)cc1. The number of amides is 1. The van der Waals surface area contributed by atoms with E-state index in [4.69, 9.17) is 4.74 Å². The van der Waals surface area contributed by atoms with Crippen molar-refractivity contribution in [1.82, 2.24) is 15.3 Å². The van der Waals surface area contributed by atoms with Gasteiger partial charge in [-0.25, -0.2) is 9.97 Å². The quantitative estimate of drug-likeness (QED) is 0.818. The standard InChI is InChI=1S/C20H26N4O2/c1-14(2)26-17-10-8-16(9-11-17)23-19-13-21-18(12-22-19)20(25)24-15-6-4-3-5-7-15/h8-15H,3-7H2,1-2H3,(H,22,23)(H,24,25). The number of carbonyl (C=O) groups is 1. The van der Waals surface area contributed by atoms with Gasteiger partial charge in [0.2, 0.25) is 0 Å². The average molecular weight is 354 g/mol. The first kappa shape index (κ1) is 18.2. The van der Waals surface area contributed by atoms with Crippen LogP contribution in [0.1, 0.15) is 56.4 Å². The molecule has 0 atom stereocenters. The molecule has 1 heterocycles. The summed E-state index contributed by atoms with van der Waals surface area (Å²) in [5.41, 5.74) is 1.23. The molecule has 0 aliphatic heterocycles. The van der Waals surface area contributed by atoms with Gasteiger partial charge in [-0.05, 0) is 51.0 Å². The van der Waals surface area contributed by atoms with Gasteiger partial charge in [0.1, 0.15) is 17.3 Å². The third-order valence-electron chi connectivity index (χ3n) is 4.32. The zero-order chi connectivity index (χ0) is 18.4. The van der Waals surface area contributed by atoms with Gasteiger partial charge in [0.15, 0.2) is 0 Å². The number of nitrogens with zero attached hydrogens (tertiary/aromatic N) is 2. The third kappa shape index (κ3) is 5.18. The van der Waals surface area contributed by atoms with Crippen molar-refractivity contribution in [2.75, 3.05) is 5.32 Å². The summed E-state index contributed by atoms with van der Waals surface area (Å²) in [5.74, 6) is 1.27. The lowest BCUT2D eigenvalue weighted by Gasteiger charge is -2.22. The normalized spacial score (nSPS) is 14.9. The molecular formula is C20H26N4O2. The first-order valence-corrected chi connectivity index (χ1v) is 9.27. The van der Waals surface area contributed by atoms with Gasteiger partial charge in [0.25, 0.3) is 5.91 Å². The van der Waals surface area contributed by atoms with Crippen molar-refractivity contribution in [2.24, 2.45) is 0 Å². The molecule has 0 spiro atoms. The van der Waals surface area contributed by atoms with Crippen LogP contribution in [0.3, 0.4) is 0 Å². The summed E-state index contributed by atoms with van der Waals surface area (Å²) in [5, 5.41) is 6.22. The van der Waals surface area contributed by atoms with E-state index in [1.165, 1.54) is 25.5 Å². The molecule has 1 aliphatic carbocycles. The van der Waals surface area contributed by atoms with E-state index in [1.54, 1.807) is 6.20 Å². The minimum atomic E-state index is -0.147. The number of nitrogens with one attached hydrogen (secondary N) is 2. The second kappa shape index (κ2) is 8.65. The number of ether oxygens (including phenoxy) is 1. The van der Waals surface area contributed by atoms with Crippen LogP contribution in [0.15, 0.2) is 36.7 Å². The summed E-state index contributed by atoms with van der Waals surface area (Å²) in [6.45, 7) is 3.99. The Bertz CT molecular complexity index is 708. The van der Waals surface area contributed by atoms with Gasteiger partial charge in [-0.15, -0.1) is 0 Å². The molecule has 1 aromatic heterocycles. The number of hydrogen-bond acceptors (Lipinski definition) is 5. The van der Waals surface area contributed by atoms with E-state index >= 15 is 0 Å². The monoisotopic (exact) mass is 354 g/mol. The molecule has 6 nitrogen and oxygen atoms in total. The fourth-order valence-corrected chi connectivity index (χ4v) is 3.05. The van der Waals surface area contributed by atoms with Crippen LogP contribution >= 0.6 is 0 Å². The second-order valence-corrected chi connectivity index (χ2v) is 6.91. The Morgan fingerprint density at radius 3 is 2.42 bits per heavy atom. The van der Waals surface area contributed by atoms with Crippen molar-refractivity contribution in [3.8, 4) is 5.75 Å². The fourth-order valence-electron chi connectivity index (χ4n) is 3.05. The van der Waals surface area contributed by atoms with Crippen molar-refractivity contribution >= 4 is 17.4 Å². The van der Waals surface area contributed by atoms with E-state index in [2.05, 4.69) is 20.6 Å². The van der Waals surface area contributed by atoms with Crippen LogP contribution in [0, 0.1) is 0 Å². The maximum Gasteiger partial charge on any atom is 0.271 e. The topological polar surface area (TPSA) is 76.1 Å². The zero-order valence-electron chi connectivity index (χ0n) is 15.4. The van der Waals surface area contributed by atoms with Crippen LogP contribution in [-0.2, 0) is 0 Å². The molecule has 1 saturated carbocycles. The van der Waals surface area contributed by atoms with Crippen LogP contribution < -0.4 is 15.4 Å². The van der Waals surface area contributed by atoms with Crippen LogP contribution in [0.5, 0.6) is 5.75 Å². The molecule has 0 bridgehead atoms. The third-order valence-corrected chi connectivity index (χ3v) is 4.32. The molecule has 0 radical (unpaired) electrons. The number of aromatic nitrogens is 2. The summed E-state index contributed by atoms with van der Waals surface area (Å²) in [6, 6.07) is 7.91. The van der Waals surface area contributed by atoms with Gasteiger partial charge in [-0.2, -0.15) is 0 Å². The maximum absolute atomic E-state index is 12.3. The number of benzene rings is 1. The first-order chi connectivity index (χ1) is 12.6. The Labute approximate surface area is 154 Å². The van der Waals surface area contributed by atoms with Gasteiger partial charge >= 0.3 is 0 Å².